The summed E-state index contributed by atoms with van der Waals surface area (Å²) in [6.07, 6.45) is 4.55. The maximum Gasteiger partial charge on any atom is 0.0794 e. The Morgan fingerprint density at radius 1 is 1.47 bits per heavy atom. The van der Waals surface area contributed by atoms with Gasteiger partial charge in [0.1, 0.15) is 0 Å². The summed E-state index contributed by atoms with van der Waals surface area (Å²) in [4.78, 5) is 8.24. The van der Waals surface area contributed by atoms with Gasteiger partial charge in [-0.1, -0.05) is 34.1 Å². The van der Waals surface area contributed by atoms with Crippen LogP contribution in [0.2, 0.25) is 0 Å². The molecule has 1 aliphatic heterocycles. The Morgan fingerprint density at radius 2 is 2.26 bits per heavy atom. The predicted octanol–water partition coefficient (Wildman–Crippen LogP) is 3.13. The number of aromatic nitrogens is 1. The molecule has 2 atom stereocenters. The van der Waals surface area contributed by atoms with Crippen molar-refractivity contribution >= 4 is 11.3 Å². The number of hydrogen-bond acceptors (Lipinski definition) is 4. The Balaban J connectivity index is 2.06. The number of rotatable bonds is 4. The summed E-state index contributed by atoms with van der Waals surface area (Å²) in [6.45, 7) is 12.6. The van der Waals surface area contributed by atoms with Crippen molar-refractivity contribution in [3.63, 3.8) is 0 Å². The van der Waals surface area contributed by atoms with Gasteiger partial charge in [0.05, 0.1) is 5.51 Å². The van der Waals surface area contributed by atoms with Crippen LogP contribution in [0.15, 0.2) is 11.7 Å². The molecule has 19 heavy (non-hydrogen) atoms. The van der Waals surface area contributed by atoms with Crippen LogP contribution >= 0.6 is 11.3 Å². The van der Waals surface area contributed by atoms with Crippen LogP contribution in [-0.4, -0.2) is 35.1 Å². The first-order valence-corrected chi connectivity index (χ1v) is 8.23. The van der Waals surface area contributed by atoms with Crippen molar-refractivity contribution in [2.75, 3.05) is 13.1 Å². The van der Waals surface area contributed by atoms with Crippen LogP contribution in [0, 0.1) is 5.41 Å². The van der Waals surface area contributed by atoms with Crippen molar-refractivity contribution in [3.8, 4) is 0 Å². The Morgan fingerprint density at radius 3 is 2.84 bits per heavy atom. The summed E-state index contributed by atoms with van der Waals surface area (Å²) in [5.74, 6) is 0. The molecule has 1 aliphatic rings. The molecule has 0 aromatic carbocycles. The number of nitrogens with one attached hydrogen (secondary N) is 1. The minimum absolute atomic E-state index is 0.314. The molecule has 0 saturated carbocycles. The van der Waals surface area contributed by atoms with E-state index in [9.17, 15) is 0 Å². The second-order valence-corrected chi connectivity index (χ2v) is 7.64. The standard InChI is InChI=1S/C15H27N3S/c1-5-6-12-9-18(10-13-7-16-11-19-13)14(8-17-12)15(2,3)4/h7,11-12,14,17H,5-6,8-10H2,1-4H3. The molecule has 4 heteroatoms. The highest BCUT2D eigenvalue weighted by Crippen LogP contribution is 2.28. The van der Waals surface area contributed by atoms with Crippen LogP contribution in [0.5, 0.6) is 0 Å². The van der Waals surface area contributed by atoms with Gasteiger partial charge < -0.3 is 5.32 Å². The van der Waals surface area contributed by atoms with E-state index in [4.69, 9.17) is 0 Å². The summed E-state index contributed by atoms with van der Waals surface area (Å²) >= 11 is 1.77. The fourth-order valence-electron chi connectivity index (χ4n) is 2.97. The second kappa shape index (κ2) is 6.33. The van der Waals surface area contributed by atoms with Gasteiger partial charge in [0.2, 0.25) is 0 Å². The molecule has 0 aliphatic carbocycles. The van der Waals surface area contributed by atoms with E-state index in [2.05, 4.69) is 42.9 Å². The molecular weight excluding hydrogens is 254 g/mol. The smallest absolute Gasteiger partial charge is 0.0794 e. The lowest BCUT2D eigenvalue weighted by molar-refractivity contribution is 0.0482. The molecule has 0 amide bonds. The summed E-state index contributed by atoms with van der Waals surface area (Å²) in [5, 5.41) is 3.73. The molecule has 2 unspecified atom stereocenters. The quantitative estimate of drug-likeness (QED) is 0.919. The van der Waals surface area contributed by atoms with Gasteiger partial charge in [-0.3, -0.25) is 9.88 Å². The average Bonchev–Trinajstić information content (AvgIpc) is 2.81. The van der Waals surface area contributed by atoms with Crippen LogP contribution < -0.4 is 5.32 Å². The Kier molecular flexibility index (Phi) is 4.98. The van der Waals surface area contributed by atoms with E-state index in [1.807, 2.05) is 11.7 Å². The lowest BCUT2D eigenvalue weighted by Crippen LogP contribution is -2.60. The number of thiazole rings is 1. The second-order valence-electron chi connectivity index (χ2n) is 6.67. The summed E-state index contributed by atoms with van der Waals surface area (Å²) < 4.78 is 0. The zero-order valence-corrected chi connectivity index (χ0v) is 13.5. The van der Waals surface area contributed by atoms with E-state index < -0.39 is 0 Å². The zero-order valence-electron chi connectivity index (χ0n) is 12.6. The lowest BCUT2D eigenvalue weighted by Gasteiger charge is -2.46. The molecule has 0 radical (unpaired) electrons. The molecule has 1 saturated heterocycles. The SMILES string of the molecule is CCCC1CN(Cc2cncs2)C(C(C)(C)C)CN1. The molecule has 1 aromatic heterocycles. The zero-order chi connectivity index (χ0) is 13.9. The molecule has 2 heterocycles. The first-order valence-electron chi connectivity index (χ1n) is 7.35. The van der Waals surface area contributed by atoms with E-state index >= 15 is 0 Å². The van der Waals surface area contributed by atoms with Gasteiger partial charge >= 0.3 is 0 Å². The highest BCUT2D eigenvalue weighted by molar-refractivity contribution is 7.09. The minimum atomic E-state index is 0.314. The molecule has 1 aromatic rings. The third-order valence-corrected chi connectivity index (χ3v) is 4.74. The summed E-state index contributed by atoms with van der Waals surface area (Å²) in [7, 11) is 0. The first kappa shape index (κ1) is 14.9. The van der Waals surface area contributed by atoms with E-state index in [0.29, 0.717) is 17.5 Å². The average molecular weight is 281 g/mol. The van der Waals surface area contributed by atoms with E-state index in [1.54, 1.807) is 11.3 Å². The van der Waals surface area contributed by atoms with Crippen LogP contribution in [-0.2, 0) is 6.54 Å². The first-order chi connectivity index (χ1) is 9.00. The fourth-order valence-corrected chi connectivity index (χ4v) is 3.59. The third kappa shape index (κ3) is 4.01. The molecular formula is C15H27N3S. The third-order valence-electron chi connectivity index (χ3n) is 3.97. The molecule has 1 fully saturated rings. The maximum absolute atomic E-state index is 4.21. The van der Waals surface area contributed by atoms with Gasteiger partial charge in [-0.15, -0.1) is 11.3 Å². The molecule has 1 N–H and O–H groups in total. The van der Waals surface area contributed by atoms with E-state index in [0.717, 1.165) is 19.6 Å². The van der Waals surface area contributed by atoms with Gasteiger partial charge in [0.25, 0.3) is 0 Å². The van der Waals surface area contributed by atoms with E-state index in [-0.39, 0.29) is 0 Å². The topological polar surface area (TPSA) is 28.2 Å². The number of nitrogens with zero attached hydrogens (tertiary/aromatic N) is 2. The van der Waals surface area contributed by atoms with Crippen LogP contribution in [0.25, 0.3) is 0 Å². The van der Waals surface area contributed by atoms with Gasteiger partial charge in [0, 0.05) is 42.8 Å². The Bertz CT molecular complexity index is 369. The van der Waals surface area contributed by atoms with Gasteiger partial charge in [-0.05, 0) is 11.8 Å². The van der Waals surface area contributed by atoms with Crippen molar-refractivity contribution in [1.29, 1.82) is 0 Å². The summed E-state index contributed by atoms with van der Waals surface area (Å²) in [5.41, 5.74) is 2.25. The van der Waals surface area contributed by atoms with E-state index in [1.165, 1.54) is 17.7 Å². The van der Waals surface area contributed by atoms with Gasteiger partial charge in [-0.25, -0.2) is 0 Å². The highest BCUT2D eigenvalue weighted by Gasteiger charge is 2.35. The largest absolute Gasteiger partial charge is 0.311 e. The Hall–Kier alpha value is -0.450. The molecule has 0 spiro atoms. The molecule has 3 nitrogen and oxygen atoms in total. The van der Waals surface area contributed by atoms with Crippen molar-refractivity contribution in [1.82, 2.24) is 15.2 Å². The van der Waals surface area contributed by atoms with Crippen molar-refractivity contribution < 1.29 is 0 Å². The van der Waals surface area contributed by atoms with Crippen LogP contribution in [0.1, 0.15) is 45.4 Å². The highest BCUT2D eigenvalue weighted by atomic mass is 32.1. The van der Waals surface area contributed by atoms with Gasteiger partial charge in [-0.2, -0.15) is 0 Å². The maximum atomic E-state index is 4.21. The predicted molar refractivity (Wildman–Crippen MR) is 82.5 cm³/mol. The Labute approximate surface area is 121 Å². The summed E-state index contributed by atoms with van der Waals surface area (Å²) in [6, 6.07) is 1.25. The van der Waals surface area contributed by atoms with Crippen molar-refractivity contribution in [2.24, 2.45) is 5.41 Å². The molecule has 108 valence electrons. The van der Waals surface area contributed by atoms with Crippen LogP contribution in [0.3, 0.4) is 0 Å². The monoisotopic (exact) mass is 281 g/mol. The van der Waals surface area contributed by atoms with Gasteiger partial charge in [0.15, 0.2) is 0 Å². The van der Waals surface area contributed by atoms with Crippen molar-refractivity contribution in [2.45, 2.75) is 59.2 Å². The fraction of sp³-hybridized carbons (Fsp3) is 0.800. The van der Waals surface area contributed by atoms with Crippen LogP contribution in [0.4, 0.5) is 0 Å². The normalized spacial score (nSPS) is 25.7. The number of hydrogen-bond donors (Lipinski definition) is 1. The lowest BCUT2D eigenvalue weighted by atomic mass is 9.83. The minimum Gasteiger partial charge on any atom is -0.311 e. The molecule has 2 rings (SSSR count). The number of piperazine rings is 1. The van der Waals surface area contributed by atoms with Crippen molar-refractivity contribution in [3.05, 3.63) is 16.6 Å². The molecule has 0 bridgehead atoms.